The predicted molar refractivity (Wildman–Crippen MR) is 70.9 cm³/mol. The monoisotopic (exact) mass is 253 g/mol. The Bertz CT molecular complexity index is 409. The Morgan fingerprint density at radius 1 is 1.50 bits per heavy atom. The molecule has 0 radical (unpaired) electrons. The van der Waals surface area contributed by atoms with Gasteiger partial charge in [-0.25, -0.2) is 4.39 Å². The van der Waals surface area contributed by atoms with Crippen LogP contribution in [-0.2, 0) is 11.3 Å². The number of halogens is 1. The lowest BCUT2D eigenvalue weighted by Gasteiger charge is -2.25. The van der Waals surface area contributed by atoms with Crippen LogP contribution in [0.1, 0.15) is 18.9 Å². The molecule has 0 heterocycles. The van der Waals surface area contributed by atoms with Crippen LogP contribution in [0.4, 0.5) is 10.1 Å². The number of amides is 1. The summed E-state index contributed by atoms with van der Waals surface area (Å²) in [6.45, 7) is 3.26. The second kappa shape index (κ2) is 6.96. The standard InChI is InChI=1S/C13H20FN3O/c1-3-6-17(9-13(18)16-2)12-5-4-11(14)7-10(12)8-15/h4-5,7H,3,6,8-9,15H2,1-2H3,(H,16,18). The van der Waals surface area contributed by atoms with Gasteiger partial charge in [-0.15, -0.1) is 0 Å². The second-order valence-corrected chi connectivity index (χ2v) is 4.07. The number of carbonyl (C=O) groups is 1. The van der Waals surface area contributed by atoms with Gasteiger partial charge in [0.25, 0.3) is 0 Å². The van der Waals surface area contributed by atoms with Gasteiger partial charge in [0.05, 0.1) is 6.54 Å². The Morgan fingerprint density at radius 2 is 2.22 bits per heavy atom. The van der Waals surface area contributed by atoms with Crippen LogP contribution in [0.15, 0.2) is 18.2 Å². The van der Waals surface area contributed by atoms with E-state index in [9.17, 15) is 9.18 Å². The number of nitrogens with zero attached hydrogens (tertiary/aromatic N) is 1. The van der Waals surface area contributed by atoms with Crippen LogP contribution < -0.4 is 16.0 Å². The number of hydrogen-bond acceptors (Lipinski definition) is 3. The smallest absolute Gasteiger partial charge is 0.239 e. The van der Waals surface area contributed by atoms with Gasteiger partial charge in [-0.05, 0) is 30.2 Å². The zero-order valence-corrected chi connectivity index (χ0v) is 10.9. The number of nitrogens with one attached hydrogen (secondary N) is 1. The van der Waals surface area contributed by atoms with Crippen LogP contribution >= 0.6 is 0 Å². The zero-order chi connectivity index (χ0) is 13.5. The van der Waals surface area contributed by atoms with Crippen LogP contribution in [0.5, 0.6) is 0 Å². The number of carbonyl (C=O) groups excluding carboxylic acids is 1. The summed E-state index contributed by atoms with van der Waals surface area (Å²) in [4.78, 5) is 13.4. The number of hydrogen-bond donors (Lipinski definition) is 2. The van der Waals surface area contributed by atoms with Crippen molar-refractivity contribution < 1.29 is 9.18 Å². The van der Waals surface area contributed by atoms with E-state index in [1.165, 1.54) is 12.1 Å². The molecule has 18 heavy (non-hydrogen) atoms. The number of rotatable bonds is 6. The molecule has 0 aromatic heterocycles. The largest absolute Gasteiger partial charge is 0.362 e. The van der Waals surface area contributed by atoms with E-state index in [-0.39, 0.29) is 24.8 Å². The Morgan fingerprint density at radius 3 is 2.78 bits per heavy atom. The van der Waals surface area contributed by atoms with Gasteiger partial charge in [0, 0.05) is 25.8 Å². The summed E-state index contributed by atoms with van der Waals surface area (Å²) >= 11 is 0. The van der Waals surface area contributed by atoms with E-state index >= 15 is 0 Å². The summed E-state index contributed by atoms with van der Waals surface area (Å²) in [6.07, 6.45) is 0.901. The average Bonchev–Trinajstić information content (AvgIpc) is 2.37. The maximum atomic E-state index is 13.2. The highest BCUT2D eigenvalue weighted by molar-refractivity contribution is 5.81. The third kappa shape index (κ3) is 3.70. The summed E-state index contributed by atoms with van der Waals surface area (Å²) < 4.78 is 13.2. The molecule has 0 saturated carbocycles. The highest BCUT2D eigenvalue weighted by atomic mass is 19.1. The maximum Gasteiger partial charge on any atom is 0.239 e. The van der Waals surface area contributed by atoms with Crippen LogP contribution in [-0.4, -0.2) is 26.0 Å². The van der Waals surface area contributed by atoms with Crippen molar-refractivity contribution in [2.75, 3.05) is 25.0 Å². The van der Waals surface area contributed by atoms with Crippen LogP contribution in [0.3, 0.4) is 0 Å². The lowest BCUT2D eigenvalue weighted by atomic mass is 10.1. The van der Waals surface area contributed by atoms with E-state index in [4.69, 9.17) is 5.73 Å². The molecule has 0 aliphatic carbocycles. The molecule has 5 heteroatoms. The van der Waals surface area contributed by atoms with Crippen molar-refractivity contribution in [2.45, 2.75) is 19.9 Å². The number of benzene rings is 1. The van der Waals surface area contributed by atoms with Gasteiger partial charge < -0.3 is 16.0 Å². The van der Waals surface area contributed by atoms with Gasteiger partial charge in [-0.2, -0.15) is 0 Å². The van der Waals surface area contributed by atoms with Gasteiger partial charge in [-0.3, -0.25) is 4.79 Å². The zero-order valence-electron chi connectivity index (χ0n) is 10.9. The SMILES string of the molecule is CCCN(CC(=O)NC)c1ccc(F)cc1CN. The lowest BCUT2D eigenvalue weighted by molar-refractivity contribution is -0.119. The summed E-state index contributed by atoms with van der Waals surface area (Å²) in [6, 6.07) is 4.49. The Balaban J connectivity index is 3.00. The molecule has 0 bridgehead atoms. The molecular weight excluding hydrogens is 233 g/mol. The fourth-order valence-corrected chi connectivity index (χ4v) is 1.83. The quantitative estimate of drug-likeness (QED) is 0.802. The highest BCUT2D eigenvalue weighted by Crippen LogP contribution is 2.21. The maximum absolute atomic E-state index is 13.2. The molecular formula is C13H20FN3O. The van der Waals surface area contributed by atoms with Crippen LogP contribution in [0.2, 0.25) is 0 Å². The van der Waals surface area contributed by atoms with Crippen molar-refractivity contribution in [3.05, 3.63) is 29.6 Å². The first-order chi connectivity index (χ1) is 8.62. The van der Waals surface area contributed by atoms with E-state index in [1.54, 1.807) is 13.1 Å². The van der Waals surface area contributed by atoms with Gasteiger partial charge in [0.15, 0.2) is 0 Å². The molecule has 1 aromatic carbocycles. The predicted octanol–water partition coefficient (Wildman–Crippen LogP) is 1.25. The Hall–Kier alpha value is -1.62. The lowest BCUT2D eigenvalue weighted by Crippen LogP contribution is -2.36. The fraction of sp³-hybridized carbons (Fsp3) is 0.462. The van der Waals surface area contributed by atoms with E-state index in [1.807, 2.05) is 11.8 Å². The van der Waals surface area contributed by atoms with Gasteiger partial charge in [0.2, 0.25) is 5.91 Å². The van der Waals surface area contributed by atoms with E-state index < -0.39 is 0 Å². The second-order valence-electron chi connectivity index (χ2n) is 4.07. The molecule has 100 valence electrons. The summed E-state index contributed by atoms with van der Waals surface area (Å²) in [5.74, 6) is -0.383. The molecule has 0 aliphatic heterocycles. The molecule has 1 aromatic rings. The van der Waals surface area contributed by atoms with Crippen LogP contribution in [0, 0.1) is 5.82 Å². The summed E-state index contributed by atoms with van der Waals surface area (Å²) in [5.41, 5.74) is 7.16. The minimum Gasteiger partial charge on any atom is -0.362 e. The molecule has 1 amide bonds. The van der Waals surface area contributed by atoms with E-state index in [0.29, 0.717) is 5.56 Å². The average molecular weight is 253 g/mol. The fourth-order valence-electron chi connectivity index (χ4n) is 1.83. The molecule has 3 N–H and O–H groups in total. The highest BCUT2D eigenvalue weighted by Gasteiger charge is 2.13. The number of nitrogens with two attached hydrogens (primary N) is 1. The normalized spacial score (nSPS) is 10.2. The summed E-state index contributed by atoms with van der Waals surface area (Å²) in [7, 11) is 1.60. The van der Waals surface area contributed by atoms with Gasteiger partial charge >= 0.3 is 0 Å². The molecule has 0 unspecified atom stereocenters. The van der Waals surface area contributed by atoms with Crippen molar-refractivity contribution in [2.24, 2.45) is 5.73 Å². The first-order valence-electron chi connectivity index (χ1n) is 6.06. The molecule has 0 saturated heterocycles. The molecule has 1 rings (SSSR count). The molecule has 4 nitrogen and oxygen atoms in total. The minimum absolute atomic E-state index is 0.0734. The topological polar surface area (TPSA) is 58.4 Å². The molecule has 0 fully saturated rings. The first-order valence-corrected chi connectivity index (χ1v) is 6.06. The van der Waals surface area contributed by atoms with Gasteiger partial charge in [-0.1, -0.05) is 6.92 Å². The minimum atomic E-state index is -0.310. The van der Waals surface area contributed by atoms with Crippen molar-refractivity contribution in [3.8, 4) is 0 Å². The van der Waals surface area contributed by atoms with Crippen molar-refractivity contribution in [1.29, 1.82) is 0 Å². The van der Waals surface area contributed by atoms with Crippen LogP contribution in [0.25, 0.3) is 0 Å². The Labute approximate surface area is 107 Å². The summed E-state index contributed by atoms with van der Waals surface area (Å²) in [5, 5.41) is 2.59. The van der Waals surface area contributed by atoms with Crippen molar-refractivity contribution >= 4 is 11.6 Å². The van der Waals surface area contributed by atoms with Crippen molar-refractivity contribution in [1.82, 2.24) is 5.32 Å². The molecule has 0 spiro atoms. The van der Waals surface area contributed by atoms with Crippen molar-refractivity contribution in [3.63, 3.8) is 0 Å². The van der Waals surface area contributed by atoms with E-state index in [2.05, 4.69) is 5.32 Å². The van der Waals surface area contributed by atoms with Gasteiger partial charge in [0.1, 0.15) is 5.82 Å². The number of likely N-dealkylation sites (N-methyl/N-ethyl adjacent to an activating group) is 1. The third-order valence-electron chi connectivity index (χ3n) is 2.71. The number of anilines is 1. The van der Waals surface area contributed by atoms with E-state index in [0.717, 1.165) is 18.7 Å². The molecule has 0 aliphatic rings. The molecule has 0 atom stereocenters. The Kier molecular flexibility index (Phi) is 5.58. The third-order valence-corrected chi connectivity index (χ3v) is 2.71. The first kappa shape index (κ1) is 14.4.